The van der Waals surface area contributed by atoms with Crippen LogP contribution >= 0.6 is 0 Å². The lowest BCUT2D eigenvalue weighted by atomic mass is 9.86. The standard InChI is InChI=1S/C36H43N5O/c1-8-15-37-34(42)14-13-26-22(7)30-16-28-19(4)23(9-2)32(38-28)17-29-20(5)24(10-3)33(39-29)18-31-21(6)25-11-12-27(35(25)41-31)36(26)40-30/h1,16-18,22,26,38-41H,9-15H2,2-7H3,(H,37,42). The minimum Gasteiger partial charge on any atom is -0.361 e. The first-order valence-corrected chi connectivity index (χ1v) is 15.5. The van der Waals surface area contributed by atoms with E-state index in [9.17, 15) is 4.79 Å². The number of allylic oxidation sites excluding steroid dienone is 3. The third-order valence-electron chi connectivity index (χ3n) is 9.97. The molecule has 1 fully saturated rings. The molecule has 2 unspecified atom stereocenters. The summed E-state index contributed by atoms with van der Waals surface area (Å²) in [6.07, 6.45) is 17.4. The van der Waals surface area contributed by atoms with Crippen LogP contribution in [0, 0.1) is 45.0 Å². The van der Waals surface area contributed by atoms with Crippen LogP contribution in [0.1, 0.15) is 96.2 Å². The number of rotatable bonds is 6. The van der Waals surface area contributed by atoms with Gasteiger partial charge in [0.15, 0.2) is 0 Å². The van der Waals surface area contributed by atoms with E-state index >= 15 is 0 Å². The first-order valence-electron chi connectivity index (χ1n) is 15.5. The van der Waals surface area contributed by atoms with Gasteiger partial charge in [-0.15, -0.1) is 6.42 Å². The van der Waals surface area contributed by atoms with E-state index in [-0.39, 0.29) is 24.3 Å². The van der Waals surface area contributed by atoms with E-state index in [1.54, 1.807) is 0 Å². The lowest BCUT2D eigenvalue weighted by Gasteiger charge is -2.17. The molecule has 6 nitrogen and oxygen atoms in total. The highest BCUT2D eigenvalue weighted by Gasteiger charge is 2.37. The van der Waals surface area contributed by atoms with Crippen molar-refractivity contribution in [3.8, 4) is 12.3 Å². The maximum atomic E-state index is 12.6. The average Bonchev–Trinajstić information content (AvgIpc) is 3.74. The van der Waals surface area contributed by atoms with Crippen LogP contribution in [0.4, 0.5) is 0 Å². The molecular formula is C36H43N5O. The van der Waals surface area contributed by atoms with Gasteiger partial charge in [0.25, 0.3) is 0 Å². The summed E-state index contributed by atoms with van der Waals surface area (Å²) in [6.45, 7) is 13.7. The number of hydrogen-bond acceptors (Lipinski definition) is 2. The molecule has 0 saturated carbocycles. The third kappa shape index (κ3) is 4.56. The molecule has 8 bridgehead atoms. The molecule has 6 rings (SSSR count). The summed E-state index contributed by atoms with van der Waals surface area (Å²) in [5.41, 5.74) is 16.6. The summed E-state index contributed by atoms with van der Waals surface area (Å²) in [4.78, 5) is 24.0. The van der Waals surface area contributed by atoms with Crippen molar-refractivity contribution < 1.29 is 4.79 Å². The number of H-pyrrole nitrogens is 3. The second-order valence-corrected chi connectivity index (χ2v) is 12.2. The molecular weight excluding hydrogens is 518 g/mol. The Morgan fingerprint density at radius 3 is 2.40 bits per heavy atom. The van der Waals surface area contributed by atoms with Crippen molar-refractivity contribution in [1.82, 2.24) is 25.6 Å². The zero-order valence-electron chi connectivity index (χ0n) is 25.8. The van der Waals surface area contributed by atoms with Gasteiger partial charge in [0.05, 0.1) is 6.54 Å². The second-order valence-electron chi connectivity index (χ2n) is 12.2. The van der Waals surface area contributed by atoms with Gasteiger partial charge in [0.2, 0.25) is 5.91 Å². The Morgan fingerprint density at radius 2 is 1.67 bits per heavy atom. The molecule has 3 aliphatic rings. The van der Waals surface area contributed by atoms with Gasteiger partial charge in [-0.1, -0.05) is 26.7 Å². The smallest absolute Gasteiger partial charge is 0.220 e. The Bertz CT molecular complexity index is 1810. The quantitative estimate of drug-likeness (QED) is 0.281. The molecule has 2 aliphatic heterocycles. The number of nitrogens with one attached hydrogen (secondary N) is 5. The average molecular weight is 562 g/mol. The number of terminal acetylenes is 1. The number of carbonyl (C=O) groups is 1. The van der Waals surface area contributed by atoms with Crippen molar-refractivity contribution in [1.29, 1.82) is 0 Å². The number of carbonyl (C=O) groups excluding carboxylic acids is 1. The molecule has 5 heterocycles. The highest BCUT2D eigenvalue weighted by molar-refractivity contribution is 5.79. The van der Waals surface area contributed by atoms with Crippen LogP contribution in [0.25, 0.3) is 23.8 Å². The maximum Gasteiger partial charge on any atom is 0.220 e. The number of aromatic nitrogens is 3. The molecule has 1 aliphatic carbocycles. The number of hydrogen-bond donors (Lipinski definition) is 5. The van der Waals surface area contributed by atoms with E-state index < -0.39 is 0 Å². The SMILES string of the molecule is C#CCNC(=O)CCC1C2=C3CCc4c3[nH]c(c4C)C=c3[nH]c(c(C)c3CC)=Cc3[nH]c(c(C)c3CC)C=C(N2)C1C. The van der Waals surface area contributed by atoms with Crippen LogP contribution in [-0.4, -0.2) is 27.4 Å². The van der Waals surface area contributed by atoms with Gasteiger partial charge >= 0.3 is 0 Å². The van der Waals surface area contributed by atoms with Crippen LogP contribution in [0.5, 0.6) is 0 Å². The molecule has 1 amide bonds. The molecule has 2 atom stereocenters. The highest BCUT2D eigenvalue weighted by atomic mass is 16.1. The fourth-order valence-corrected chi connectivity index (χ4v) is 7.48. The zero-order chi connectivity index (χ0) is 29.7. The van der Waals surface area contributed by atoms with Crippen molar-refractivity contribution in [2.24, 2.45) is 11.8 Å². The predicted octanol–water partition coefficient (Wildman–Crippen LogP) is 4.78. The second kappa shape index (κ2) is 10.9. The molecule has 0 radical (unpaired) electrons. The normalized spacial score (nSPS) is 18.7. The fourth-order valence-electron chi connectivity index (χ4n) is 7.48. The van der Waals surface area contributed by atoms with Crippen LogP contribution in [0.3, 0.4) is 0 Å². The van der Waals surface area contributed by atoms with Crippen molar-refractivity contribution in [2.45, 2.75) is 80.1 Å². The lowest BCUT2D eigenvalue weighted by molar-refractivity contribution is -0.121. The molecule has 0 spiro atoms. The van der Waals surface area contributed by atoms with Crippen LogP contribution in [0.2, 0.25) is 0 Å². The van der Waals surface area contributed by atoms with E-state index in [1.807, 2.05) is 0 Å². The molecule has 42 heavy (non-hydrogen) atoms. The Hall–Kier alpha value is -4.11. The monoisotopic (exact) mass is 561 g/mol. The largest absolute Gasteiger partial charge is 0.361 e. The summed E-state index contributed by atoms with van der Waals surface area (Å²) in [5.74, 6) is 2.98. The minimum absolute atomic E-state index is 0.0140. The van der Waals surface area contributed by atoms with Gasteiger partial charge in [-0.2, -0.15) is 0 Å². The van der Waals surface area contributed by atoms with Gasteiger partial charge in [-0.25, -0.2) is 0 Å². The van der Waals surface area contributed by atoms with Crippen molar-refractivity contribution in [3.63, 3.8) is 0 Å². The third-order valence-corrected chi connectivity index (χ3v) is 9.97. The van der Waals surface area contributed by atoms with Crippen LogP contribution in [-0.2, 0) is 24.1 Å². The summed E-state index contributed by atoms with van der Waals surface area (Å²) in [6, 6.07) is 0. The molecule has 0 aromatic carbocycles. The first-order chi connectivity index (χ1) is 20.2. The molecule has 3 aromatic heterocycles. The van der Waals surface area contributed by atoms with Crippen molar-refractivity contribution in [2.75, 3.05) is 6.54 Å². The van der Waals surface area contributed by atoms with Crippen LogP contribution in [0.15, 0.2) is 11.4 Å². The van der Waals surface area contributed by atoms with Crippen LogP contribution < -0.4 is 21.3 Å². The Labute approximate surface area is 248 Å². The summed E-state index contributed by atoms with van der Waals surface area (Å²) >= 11 is 0. The highest BCUT2D eigenvalue weighted by Crippen LogP contribution is 2.45. The molecule has 218 valence electrons. The molecule has 5 N–H and O–H groups in total. The fraction of sp³-hybridized carbons (Fsp3) is 0.417. The topological polar surface area (TPSA) is 88.5 Å². The van der Waals surface area contributed by atoms with Gasteiger partial charge in [-0.05, 0) is 110 Å². The van der Waals surface area contributed by atoms with E-state index in [2.05, 4.69) is 91.3 Å². The summed E-state index contributed by atoms with van der Waals surface area (Å²) in [5, 5.41) is 9.08. The number of aromatic amines is 3. The van der Waals surface area contributed by atoms with Crippen molar-refractivity contribution >= 4 is 29.7 Å². The Balaban J connectivity index is 1.58. The lowest BCUT2D eigenvalue weighted by Crippen LogP contribution is -2.24. The van der Waals surface area contributed by atoms with E-state index in [0.29, 0.717) is 6.42 Å². The van der Waals surface area contributed by atoms with Gasteiger partial charge in [0.1, 0.15) is 0 Å². The van der Waals surface area contributed by atoms with E-state index in [4.69, 9.17) is 6.42 Å². The Kier molecular flexibility index (Phi) is 7.30. The number of fused-ring (bicyclic) bond motifs is 7. The molecule has 6 heteroatoms. The molecule has 1 saturated heterocycles. The van der Waals surface area contributed by atoms with E-state index in [1.165, 1.54) is 67.1 Å². The summed E-state index contributed by atoms with van der Waals surface area (Å²) < 4.78 is 0. The van der Waals surface area contributed by atoms with Gasteiger partial charge in [0, 0.05) is 63.1 Å². The van der Waals surface area contributed by atoms with E-state index in [0.717, 1.165) is 48.8 Å². The zero-order valence-corrected chi connectivity index (χ0v) is 25.8. The Morgan fingerprint density at radius 1 is 0.929 bits per heavy atom. The summed E-state index contributed by atoms with van der Waals surface area (Å²) in [7, 11) is 0. The molecule has 3 aromatic rings. The van der Waals surface area contributed by atoms with Gasteiger partial charge < -0.3 is 25.6 Å². The first kappa shape index (κ1) is 28.0. The minimum atomic E-state index is 0.0140. The maximum absolute atomic E-state index is 12.6. The van der Waals surface area contributed by atoms with Gasteiger partial charge in [-0.3, -0.25) is 4.79 Å². The number of amides is 1. The van der Waals surface area contributed by atoms with Crippen molar-refractivity contribution in [3.05, 3.63) is 78.2 Å². The predicted molar refractivity (Wildman–Crippen MR) is 172 cm³/mol.